The van der Waals surface area contributed by atoms with Crippen molar-refractivity contribution in [3.8, 4) is 5.75 Å². The van der Waals surface area contributed by atoms with Crippen LogP contribution in [0.3, 0.4) is 0 Å². The number of hydrogen-bond acceptors (Lipinski definition) is 4. The molecule has 1 atom stereocenters. The number of carbonyl (C=O) groups is 1. The van der Waals surface area contributed by atoms with Crippen LogP contribution in [0.1, 0.15) is 57.9 Å². The molecule has 28 heavy (non-hydrogen) atoms. The first-order valence-electron chi connectivity index (χ1n) is 10.7. The van der Waals surface area contributed by atoms with Crippen LogP contribution in [-0.2, 0) is 9.63 Å². The predicted molar refractivity (Wildman–Crippen MR) is 109 cm³/mol. The van der Waals surface area contributed by atoms with Crippen molar-refractivity contribution < 1.29 is 14.4 Å². The Kier molecular flexibility index (Phi) is 5.61. The fraction of sp³-hybridized carbons (Fsp3) is 0.652. The summed E-state index contributed by atoms with van der Waals surface area (Å²) in [5, 5.41) is 7.13. The van der Waals surface area contributed by atoms with Gasteiger partial charge in [0.25, 0.3) is 5.91 Å². The van der Waals surface area contributed by atoms with E-state index in [0.717, 1.165) is 29.1 Å². The Hall–Kier alpha value is -2.04. The fourth-order valence-electron chi connectivity index (χ4n) is 6.16. The third kappa shape index (κ3) is 4.18. The van der Waals surface area contributed by atoms with Crippen molar-refractivity contribution in [1.82, 2.24) is 5.32 Å². The maximum Gasteiger partial charge on any atom is 0.261 e. The lowest BCUT2D eigenvalue weighted by atomic mass is 9.48. The van der Waals surface area contributed by atoms with E-state index in [1.807, 2.05) is 31.2 Å². The van der Waals surface area contributed by atoms with E-state index in [1.54, 1.807) is 6.21 Å². The van der Waals surface area contributed by atoms with E-state index in [9.17, 15) is 4.79 Å². The molecule has 0 radical (unpaired) electrons. The minimum absolute atomic E-state index is 0.0375. The van der Waals surface area contributed by atoms with Gasteiger partial charge in [-0.25, -0.2) is 0 Å². The van der Waals surface area contributed by atoms with Gasteiger partial charge in [-0.3, -0.25) is 4.79 Å². The highest BCUT2D eigenvalue weighted by molar-refractivity contribution is 5.80. The van der Waals surface area contributed by atoms with E-state index in [-0.39, 0.29) is 18.6 Å². The highest BCUT2D eigenvalue weighted by Crippen LogP contribution is 2.61. The first-order valence-corrected chi connectivity index (χ1v) is 10.7. The molecule has 1 aromatic rings. The van der Waals surface area contributed by atoms with Crippen molar-refractivity contribution in [1.29, 1.82) is 0 Å². The van der Waals surface area contributed by atoms with Crippen LogP contribution in [-0.4, -0.2) is 31.4 Å². The summed E-state index contributed by atoms with van der Waals surface area (Å²) in [7, 11) is 0. The van der Waals surface area contributed by atoms with Crippen molar-refractivity contribution in [3.63, 3.8) is 0 Å². The van der Waals surface area contributed by atoms with Crippen LogP contribution in [0, 0.1) is 23.2 Å². The first kappa shape index (κ1) is 19.3. The summed E-state index contributed by atoms with van der Waals surface area (Å²) in [6.07, 6.45) is 9.74. The standard InChI is InChI=1S/C23H32N2O3/c1-3-27-21-6-4-17(5-7-21)14-24-28-15-22(26)25-16(2)23-11-18-8-19(12-23)10-20(9-18)13-23/h4-7,14,16,18-20H,3,8-13,15H2,1-2H3,(H,25,26)/b24-14-/t16-,18?,19?,20?,23?/m0/s1. The smallest absolute Gasteiger partial charge is 0.261 e. The van der Waals surface area contributed by atoms with Crippen LogP contribution < -0.4 is 10.1 Å². The maximum absolute atomic E-state index is 12.3. The molecular formula is C23H32N2O3. The molecule has 5 nitrogen and oxygen atoms in total. The van der Waals surface area contributed by atoms with Crippen molar-refractivity contribution in [2.24, 2.45) is 28.3 Å². The summed E-state index contributed by atoms with van der Waals surface area (Å²) in [4.78, 5) is 17.6. The number of amides is 1. The van der Waals surface area contributed by atoms with Gasteiger partial charge < -0.3 is 14.9 Å². The molecule has 0 heterocycles. The average molecular weight is 385 g/mol. The lowest BCUT2D eigenvalue weighted by molar-refractivity contribution is -0.130. The molecule has 4 saturated carbocycles. The second kappa shape index (κ2) is 8.14. The minimum atomic E-state index is -0.0768. The normalized spacial score (nSPS) is 31.7. The van der Waals surface area contributed by atoms with Crippen molar-refractivity contribution >= 4 is 12.1 Å². The molecule has 4 fully saturated rings. The minimum Gasteiger partial charge on any atom is -0.494 e. The number of nitrogens with zero attached hydrogens (tertiary/aromatic N) is 1. The summed E-state index contributed by atoms with van der Waals surface area (Å²) >= 11 is 0. The van der Waals surface area contributed by atoms with Crippen molar-refractivity contribution in [3.05, 3.63) is 29.8 Å². The van der Waals surface area contributed by atoms with Crippen molar-refractivity contribution in [2.75, 3.05) is 13.2 Å². The summed E-state index contributed by atoms with van der Waals surface area (Å²) in [6.45, 7) is 4.75. The van der Waals surface area contributed by atoms with Gasteiger partial charge in [0.15, 0.2) is 6.61 Å². The Morgan fingerprint density at radius 3 is 2.36 bits per heavy atom. The number of nitrogens with one attached hydrogen (secondary N) is 1. The monoisotopic (exact) mass is 384 g/mol. The molecular weight excluding hydrogens is 352 g/mol. The van der Waals surface area contributed by atoms with Crippen molar-refractivity contribution in [2.45, 2.75) is 58.4 Å². The van der Waals surface area contributed by atoms with Gasteiger partial charge in [-0.1, -0.05) is 5.16 Å². The highest BCUT2D eigenvalue weighted by Gasteiger charge is 2.53. The Morgan fingerprint density at radius 1 is 1.18 bits per heavy atom. The van der Waals surface area contributed by atoms with Gasteiger partial charge in [0.2, 0.25) is 0 Å². The Bertz CT molecular complexity index is 678. The zero-order chi connectivity index (χ0) is 19.6. The molecule has 5 heteroatoms. The van der Waals surface area contributed by atoms with Gasteiger partial charge in [-0.2, -0.15) is 0 Å². The lowest BCUT2D eigenvalue weighted by Gasteiger charge is -2.59. The molecule has 0 aliphatic heterocycles. The average Bonchev–Trinajstić information content (AvgIpc) is 2.66. The summed E-state index contributed by atoms with van der Waals surface area (Å²) in [6, 6.07) is 7.82. The lowest BCUT2D eigenvalue weighted by Crippen LogP contribution is -2.56. The van der Waals surface area contributed by atoms with E-state index >= 15 is 0 Å². The Balaban J connectivity index is 1.23. The van der Waals surface area contributed by atoms with Gasteiger partial charge in [0, 0.05) is 6.04 Å². The largest absolute Gasteiger partial charge is 0.494 e. The number of carbonyl (C=O) groups excluding carboxylic acids is 1. The molecule has 1 amide bonds. The van der Waals surface area contributed by atoms with Crippen LogP contribution in [0.25, 0.3) is 0 Å². The number of oxime groups is 1. The zero-order valence-corrected chi connectivity index (χ0v) is 17.0. The molecule has 0 saturated heterocycles. The Labute approximate surface area is 167 Å². The van der Waals surface area contributed by atoms with E-state index < -0.39 is 0 Å². The molecule has 1 N–H and O–H groups in total. The van der Waals surface area contributed by atoms with E-state index in [0.29, 0.717) is 12.0 Å². The second-order valence-corrected chi connectivity index (χ2v) is 9.08. The topological polar surface area (TPSA) is 59.9 Å². The van der Waals surface area contributed by atoms with Gasteiger partial charge in [-0.15, -0.1) is 0 Å². The van der Waals surface area contributed by atoms with Gasteiger partial charge in [0.05, 0.1) is 12.8 Å². The molecule has 4 aliphatic rings. The van der Waals surface area contributed by atoms with Crippen LogP contribution in [0.2, 0.25) is 0 Å². The molecule has 1 aromatic carbocycles. The quantitative estimate of drug-likeness (QED) is 0.541. The Morgan fingerprint density at radius 2 is 1.79 bits per heavy atom. The third-order valence-electron chi connectivity index (χ3n) is 7.04. The SMILES string of the molecule is CCOc1ccc(/C=N\OCC(=O)N[C@@H](C)C23CC4CC(CC(C4)C2)C3)cc1. The summed E-state index contributed by atoms with van der Waals surface area (Å²) in [5.41, 5.74) is 1.22. The zero-order valence-electron chi connectivity index (χ0n) is 17.0. The number of ether oxygens (including phenoxy) is 1. The van der Waals surface area contributed by atoms with Crippen LogP contribution in [0.15, 0.2) is 29.4 Å². The van der Waals surface area contributed by atoms with E-state index in [2.05, 4.69) is 17.4 Å². The van der Waals surface area contributed by atoms with Gasteiger partial charge in [-0.05, 0) is 105 Å². The van der Waals surface area contributed by atoms with E-state index in [4.69, 9.17) is 9.57 Å². The molecule has 4 bridgehead atoms. The van der Waals surface area contributed by atoms with Crippen LogP contribution in [0.4, 0.5) is 0 Å². The number of hydrogen-bond donors (Lipinski definition) is 1. The second-order valence-electron chi connectivity index (χ2n) is 9.08. The molecule has 4 aliphatic carbocycles. The molecule has 152 valence electrons. The number of benzene rings is 1. The molecule has 0 spiro atoms. The fourth-order valence-corrected chi connectivity index (χ4v) is 6.16. The third-order valence-corrected chi connectivity index (χ3v) is 7.04. The van der Waals surface area contributed by atoms with Crippen LogP contribution >= 0.6 is 0 Å². The number of rotatable bonds is 8. The maximum atomic E-state index is 12.3. The van der Waals surface area contributed by atoms with Gasteiger partial charge >= 0.3 is 0 Å². The molecule has 0 unspecified atom stereocenters. The first-order chi connectivity index (χ1) is 13.6. The highest BCUT2D eigenvalue weighted by atomic mass is 16.6. The molecule has 0 aromatic heterocycles. The summed E-state index contributed by atoms with van der Waals surface area (Å²) in [5.74, 6) is 3.42. The van der Waals surface area contributed by atoms with Gasteiger partial charge in [0.1, 0.15) is 5.75 Å². The van der Waals surface area contributed by atoms with E-state index in [1.165, 1.54) is 38.5 Å². The van der Waals surface area contributed by atoms with Crippen LogP contribution in [0.5, 0.6) is 5.75 Å². The molecule has 5 rings (SSSR count). The predicted octanol–water partition coefficient (Wildman–Crippen LogP) is 4.16. The summed E-state index contributed by atoms with van der Waals surface area (Å²) < 4.78 is 5.41.